The van der Waals surface area contributed by atoms with Gasteiger partial charge in [0.25, 0.3) is 0 Å². The Hall–Kier alpha value is -2.45. The largest absolute Gasteiger partial charge is 0.755 e. The molecule has 1 saturated heterocycles. The number of rotatable bonds is 5. The number of anilines is 2. The van der Waals surface area contributed by atoms with E-state index in [0.29, 0.717) is 11.6 Å². The summed E-state index contributed by atoms with van der Waals surface area (Å²) in [6.45, 7) is 1.72. The fraction of sp³-hybridized carbons (Fsp3) is 0.444. The van der Waals surface area contributed by atoms with Crippen LogP contribution in [0.15, 0.2) is 24.3 Å². The molecule has 0 bridgehead atoms. The lowest BCUT2D eigenvalue weighted by Crippen LogP contribution is -2.48. The second-order valence-electron chi connectivity index (χ2n) is 7.33. The van der Waals surface area contributed by atoms with Crippen molar-refractivity contribution in [2.45, 2.75) is 31.7 Å². The summed E-state index contributed by atoms with van der Waals surface area (Å²) in [6.07, 6.45) is -9.16. The molecule has 1 aliphatic heterocycles. The summed E-state index contributed by atoms with van der Waals surface area (Å²) in [5.74, 6) is -1.28. The van der Waals surface area contributed by atoms with E-state index in [1.165, 1.54) is 6.07 Å². The molecule has 3 unspecified atom stereocenters. The minimum absolute atomic E-state index is 0.0563. The first-order valence-corrected chi connectivity index (χ1v) is 10.4. The number of hydrogen-bond acceptors (Lipinski definition) is 6. The zero-order valence-corrected chi connectivity index (χ0v) is 17.3. The van der Waals surface area contributed by atoms with Gasteiger partial charge in [-0.1, -0.05) is 6.07 Å². The van der Waals surface area contributed by atoms with Crippen LogP contribution < -0.4 is 15.4 Å². The summed E-state index contributed by atoms with van der Waals surface area (Å²) in [7, 11) is 0. The van der Waals surface area contributed by atoms with Crippen molar-refractivity contribution in [1.29, 1.82) is 0 Å². The van der Waals surface area contributed by atoms with Gasteiger partial charge in [-0.05, 0) is 37.1 Å². The van der Waals surface area contributed by atoms with Gasteiger partial charge in [-0.2, -0.15) is 26.3 Å². The van der Waals surface area contributed by atoms with Gasteiger partial charge in [0.2, 0.25) is 0 Å². The smallest absolute Gasteiger partial charge is 0.416 e. The van der Waals surface area contributed by atoms with Gasteiger partial charge in [0.05, 0.1) is 22.9 Å². The van der Waals surface area contributed by atoms with Crippen LogP contribution in [0.4, 0.5) is 37.8 Å². The minimum Gasteiger partial charge on any atom is -0.755 e. The molecule has 3 atom stereocenters. The van der Waals surface area contributed by atoms with Crippen molar-refractivity contribution in [3.8, 4) is 11.3 Å². The number of nitrogens with zero attached hydrogens (tertiary/aromatic N) is 2. The number of nitrogens with one attached hydrogen (secondary N) is 3. The highest BCUT2D eigenvalue weighted by atomic mass is 32.2. The van der Waals surface area contributed by atoms with Crippen molar-refractivity contribution in [3.05, 3.63) is 35.4 Å². The van der Waals surface area contributed by atoms with Crippen LogP contribution in [0.5, 0.6) is 0 Å². The maximum atomic E-state index is 13.0. The Morgan fingerprint density at radius 1 is 1.12 bits per heavy atom. The summed E-state index contributed by atoms with van der Waals surface area (Å²) in [6, 6.07) is 3.38. The normalized spacial score (nSPS) is 20.6. The molecule has 3 N–H and O–H groups in total. The molecule has 1 aromatic heterocycles. The van der Waals surface area contributed by atoms with Crippen LogP contribution in [0, 0.1) is 12.8 Å². The molecule has 176 valence electrons. The molecule has 7 nitrogen and oxygen atoms in total. The quantitative estimate of drug-likeness (QED) is 0.445. The van der Waals surface area contributed by atoms with E-state index in [1.807, 2.05) is 4.72 Å². The number of aryl methyl sites for hydroxylation is 1. The molecule has 0 amide bonds. The predicted molar refractivity (Wildman–Crippen MR) is 104 cm³/mol. The van der Waals surface area contributed by atoms with E-state index in [9.17, 15) is 35.1 Å². The maximum absolute atomic E-state index is 13.0. The summed E-state index contributed by atoms with van der Waals surface area (Å²) < 4.78 is 102. The first-order chi connectivity index (χ1) is 14.8. The van der Waals surface area contributed by atoms with Crippen LogP contribution in [0.3, 0.4) is 0 Å². The Labute approximate surface area is 181 Å². The molecule has 0 radical (unpaired) electrons. The summed E-state index contributed by atoms with van der Waals surface area (Å²) in [4.78, 5) is 0. The lowest BCUT2D eigenvalue weighted by Gasteiger charge is -2.32. The molecule has 0 aliphatic carbocycles. The van der Waals surface area contributed by atoms with Crippen molar-refractivity contribution in [2.24, 2.45) is 5.92 Å². The van der Waals surface area contributed by atoms with Gasteiger partial charge >= 0.3 is 12.4 Å². The fourth-order valence-corrected chi connectivity index (χ4v) is 3.72. The molecule has 3 rings (SSSR count). The maximum Gasteiger partial charge on any atom is 0.416 e. The molecule has 14 heteroatoms. The molecule has 1 aliphatic rings. The third-order valence-electron chi connectivity index (χ3n) is 4.95. The van der Waals surface area contributed by atoms with Crippen LogP contribution in [0.1, 0.15) is 17.5 Å². The number of piperidine rings is 1. The van der Waals surface area contributed by atoms with Crippen molar-refractivity contribution in [2.75, 3.05) is 23.1 Å². The van der Waals surface area contributed by atoms with Crippen molar-refractivity contribution in [1.82, 2.24) is 15.5 Å². The molecule has 1 aromatic carbocycles. The van der Waals surface area contributed by atoms with Crippen LogP contribution in [0.2, 0.25) is 0 Å². The topological polar surface area (TPSA) is 102 Å². The minimum atomic E-state index is -4.68. The molecule has 2 aromatic rings. The Balaban J connectivity index is 1.85. The Morgan fingerprint density at radius 2 is 1.84 bits per heavy atom. The third-order valence-corrected chi connectivity index (χ3v) is 5.34. The van der Waals surface area contributed by atoms with Crippen LogP contribution in [-0.2, 0) is 17.4 Å². The summed E-state index contributed by atoms with van der Waals surface area (Å²) in [5, 5.41) is 13.5. The highest BCUT2D eigenvalue weighted by Gasteiger charge is 2.42. The molecule has 32 heavy (non-hydrogen) atoms. The Morgan fingerprint density at radius 3 is 2.44 bits per heavy atom. The van der Waals surface area contributed by atoms with Crippen LogP contribution >= 0.6 is 0 Å². The van der Waals surface area contributed by atoms with Crippen molar-refractivity contribution < 1.29 is 35.1 Å². The van der Waals surface area contributed by atoms with Gasteiger partial charge in [0.15, 0.2) is 5.82 Å². The van der Waals surface area contributed by atoms with E-state index >= 15 is 0 Å². The molecule has 1 fully saturated rings. The van der Waals surface area contributed by atoms with Gasteiger partial charge in [0.1, 0.15) is 0 Å². The van der Waals surface area contributed by atoms with E-state index in [4.69, 9.17) is 0 Å². The van der Waals surface area contributed by atoms with E-state index in [2.05, 4.69) is 20.8 Å². The monoisotopic (exact) mass is 482 g/mol. The predicted octanol–water partition coefficient (Wildman–Crippen LogP) is 3.63. The van der Waals surface area contributed by atoms with Gasteiger partial charge < -0.3 is 19.9 Å². The zero-order valence-electron chi connectivity index (χ0n) is 16.5. The first kappa shape index (κ1) is 24.2. The SMILES string of the molecule is Cc1cc(-c2ccc(C(F)(F)F)cc2NS(=O)[O-])nnc1NC1CNCC(C(F)(F)F)C1. The lowest BCUT2D eigenvalue weighted by molar-refractivity contribution is -0.178. The number of hydrogen-bond donors (Lipinski definition) is 3. The van der Waals surface area contributed by atoms with Gasteiger partial charge in [0, 0.05) is 36.0 Å². The highest BCUT2D eigenvalue weighted by Crippen LogP contribution is 2.36. The van der Waals surface area contributed by atoms with Crippen LogP contribution in [-0.4, -0.2) is 44.3 Å². The fourth-order valence-electron chi connectivity index (χ4n) is 3.37. The third kappa shape index (κ3) is 5.86. The van der Waals surface area contributed by atoms with Gasteiger partial charge in [-0.15, -0.1) is 10.2 Å². The second-order valence-corrected chi connectivity index (χ2v) is 8.00. The molecular formula is C18H18F6N5O2S-. The second kappa shape index (κ2) is 9.19. The number of alkyl halides is 6. The van der Waals surface area contributed by atoms with Crippen molar-refractivity contribution in [3.63, 3.8) is 0 Å². The molecule has 2 heterocycles. The average molecular weight is 482 g/mol. The van der Waals surface area contributed by atoms with E-state index in [1.54, 1.807) is 6.92 Å². The van der Waals surface area contributed by atoms with E-state index in [-0.39, 0.29) is 42.3 Å². The van der Waals surface area contributed by atoms with E-state index in [0.717, 1.165) is 12.1 Å². The molecule has 0 spiro atoms. The van der Waals surface area contributed by atoms with Crippen LogP contribution in [0.25, 0.3) is 11.3 Å². The molecular weight excluding hydrogens is 464 g/mol. The Kier molecular flexibility index (Phi) is 6.95. The highest BCUT2D eigenvalue weighted by molar-refractivity contribution is 7.80. The number of aromatic nitrogens is 2. The standard InChI is InChI=1S/C18H19F6N5O2S/c1-9-4-14(13-3-2-10(17(19,20)21)6-15(13)29-32(30)31)27-28-16(9)26-12-5-11(7-25-8-12)18(22,23)24/h2-4,6,11-12,25,29H,5,7-8H2,1H3,(H,26,28)(H,30,31)/p-1. The Bertz CT molecular complexity index is 1000. The zero-order chi connectivity index (χ0) is 23.7. The summed E-state index contributed by atoms with van der Waals surface area (Å²) >= 11 is -2.89. The van der Waals surface area contributed by atoms with Gasteiger partial charge in [-0.25, -0.2) is 0 Å². The summed E-state index contributed by atoms with van der Waals surface area (Å²) in [5.41, 5.74) is -0.781. The number of benzene rings is 1. The van der Waals surface area contributed by atoms with Crippen molar-refractivity contribution >= 4 is 22.8 Å². The first-order valence-electron chi connectivity index (χ1n) is 9.30. The molecule has 0 saturated carbocycles. The van der Waals surface area contributed by atoms with Gasteiger partial charge in [-0.3, -0.25) is 4.21 Å². The lowest BCUT2D eigenvalue weighted by atomic mass is 9.95. The number of halogens is 6. The van der Waals surface area contributed by atoms with E-state index < -0.39 is 41.1 Å². The average Bonchev–Trinajstić information content (AvgIpc) is 2.68.